The Kier molecular flexibility index (Phi) is 5.12. The molecule has 5 nitrogen and oxygen atoms in total. The van der Waals surface area contributed by atoms with Gasteiger partial charge in [0.25, 0.3) is 0 Å². The van der Waals surface area contributed by atoms with Gasteiger partial charge in [-0.3, -0.25) is 9.69 Å². The number of aromatic nitrogens is 1. The first-order chi connectivity index (χ1) is 9.55. The van der Waals surface area contributed by atoms with Crippen LogP contribution in [0.25, 0.3) is 0 Å². The van der Waals surface area contributed by atoms with E-state index in [2.05, 4.69) is 22.1 Å². The minimum Gasteiger partial charge on any atom is -0.320 e. The highest BCUT2D eigenvalue weighted by Crippen LogP contribution is 2.28. The van der Waals surface area contributed by atoms with E-state index in [4.69, 9.17) is 5.73 Å². The van der Waals surface area contributed by atoms with E-state index in [-0.39, 0.29) is 11.8 Å². The molecule has 0 saturated carbocycles. The highest BCUT2D eigenvalue weighted by Gasteiger charge is 2.23. The Hall–Kier alpha value is -0.980. The molecule has 0 saturated heterocycles. The zero-order chi connectivity index (χ0) is 14.7. The van der Waals surface area contributed by atoms with Gasteiger partial charge < -0.3 is 11.1 Å². The second-order valence-electron chi connectivity index (χ2n) is 5.41. The molecule has 20 heavy (non-hydrogen) atoms. The van der Waals surface area contributed by atoms with Crippen molar-refractivity contribution in [2.45, 2.75) is 46.2 Å². The van der Waals surface area contributed by atoms with E-state index >= 15 is 0 Å². The largest absolute Gasteiger partial charge is 0.320 e. The number of rotatable bonds is 5. The first kappa shape index (κ1) is 15.4. The molecule has 2 atom stereocenters. The molecule has 0 aromatic carbocycles. The average Bonchev–Trinajstić information content (AvgIpc) is 2.86. The molecule has 0 radical (unpaired) electrons. The van der Waals surface area contributed by atoms with Crippen LogP contribution < -0.4 is 11.1 Å². The molecule has 1 aliphatic rings. The fourth-order valence-corrected chi connectivity index (χ4v) is 3.33. The van der Waals surface area contributed by atoms with Crippen molar-refractivity contribution in [3.05, 3.63) is 10.6 Å². The van der Waals surface area contributed by atoms with Crippen molar-refractivity contribution in [3.63, 3.8) is 0 Å². The standard InChI is InChI=1S/C14H24N4OS/c1-4-9(3)12(15)13(19)17-14-16-10-6-7-18(5-2)8-11(10)20-14/h9,12H,4-8,15H2,1-3H3,(H,16,17,19). The average molecular weight is 296 g/mol. The molecule has 6 heteroatoms. The molecule has 0 fully saturated rings. The number of carbonyl (C=O) groups excluding carboxylic acids is 1. The molecule has 0 bridgehead atoms. The zero-order valence-electron chi connectivity index (χ0n) is 12.5. The van der Waals surface area contributed by atoms with Crippen molar-refractivity contribution in [1.82, 2.24) is 9.88 Å². The van der Waals surface area contributed by atoms with Gasteiger partial charge in [-0.15, -0.1) is 11.3 Å². The predicted octanol–water partition coefficient (Wildman–Crippen LogP) is 1.83. The molecule has 2 rings (SSSR count). The molecule has 2 unspecified atom stereocenters. The van der Waals surface area contributed by atoms with Gasteiger partial charge in [-0.25, -0.2) is 4.98 Å². The molecule has 0 spiro atoms. The van der Waals surface area contributed by atoms with Crippen molar-refractivity contribution in [1.29, 1.82) is 0 Å². The van der Waals surface area contributed by atoms with E-state index < -0.39 is 6.04 Å². The number of nitrogens with two attached hydrogens (primary N) is 1. The monoisotopic (exact) mass is 296 g/mol. The summed E-state index contributed by atoms with van der Waals surface area (Å²) in [7, 11) is 0. The highest BCUT2D eigenvalue weighted by atomic mass is 32.1. The lowest BCUT2D eigenvalue weighted by Gasteiger charge is -2.23. The molecular weight excluding hydrogens is 272 g/mol. The summed E-state index contributed by atoms with van der Waals surface area (Å²) in [5.74, 6) is 0.0537. The van der Waals surface area contributed by atoms with E-state index in [0.29, 0.717) is 5.13 Å². The van der Waals surface area contributed by atoms with Crippen LogP contribution in [0.15, 0.2) is 0 Å². The Bertz CT molecular complexity index is 474. The third-order valence-corrected chi connectivity index (χ3v) is 5.05. The number of amides is 1. The maximum absolute atomic E-state index is 12.1. The number of likely N-dealkylation sites (N-methyl/N-ethyl adjacent to an activating group) is 1. The van der Waals surface area contributed by atoms with Gasteiger partial charge in [0.05, 0.1) is 11.7 Å². The second-order valence-corrected chi connectivity index (χ2v) is 6.49. The summed E-state index contributed by atoms with van der Waals surface area (Å²) in [6.07, 6.45) is 1.86. The highest BCUT2D eigenvalue weighted by molar-refractivity contribution is 7.15. The summed E-state index contributed by atoms with van der Waals surface area (Å²) < 4.78 is 0. The molecule has 1 aliphatic heterocycles. The molecular formula is C14H24N4OS. The number of nitrogens with one attached hydrogen (secondary N) is 1. The third kappa shape index (κ3) is 3.37. The summed E-state index contributed by atoms with van der Waals surface area (Å²) >= 11 is 1.58. The minimum absolute atomic E-state index is 0.127. The minimum atomic E-state index is -0.465. The molecule has 0 aliphatic carbocycles. The quantitative estimate of drug-likeness (QED) is 0.869. The smallest absolute Gasteiger partial charge is 0.243 e. The van der Waals surface area contributed by atoms with Gasteiger partial charge in [-0.2, -0.15) is 0 Å². The van der Waals surface area contributed by atoms with Crippen LogP contribution in [0.5, 0.6) is 0 Å². The molecule has 1 aromatic rings. The van der Waals surface area contributed by atoms with Crippen LogP contribution in [0.4, 0.5) is 5.13 Å². The number of nitrogens with zero attached hydrogens (tertiary/aromatic N) is 2. The Morgan fingerprint density at radius 1 is 1.55 bits per heavy atom. The molecule has 1 amide bonds. The normalized spacial score (nSPS) is 18.4. The van der Waals surface area contributed by atoms with Crippen molar-refractivity contribution < 1.29 is 4.79 Å². The van der Waals surface area contributed by atoms with Gasteiger partial charge in [0.1, 0.15) is 0 Å². The van der Waals surface area contributed by atoms with Crippen LogP contribution in [0.1, 0.15) is 37.8 Å². The van der Waals surface area contributed by atoms with E-state index in [9.17, 15) is 4.79 Å². The summed E-state index contributed by atoms with van der Waals surface area (Å²) in [4.78, 5) is 20.3. The Morgan fingerprint density at radius 2 is 2.30 bits per heavy atom. The predicted molar refractivity (Wildman–Crippen MR) is 82.8 cm³/mol. The van der Waals surface area contributed by atoms with Crippen molar-refractivity contribution in [2.24, 2.45) is 11.7 Å². The van der Waals surface area contributed by atoms with Gasteiger partial charge in [0, 0.05) is 24.4 Å². The molecule has 112 valence electrons. The maximum Gasteiger partial charge on any atom is 0.243 e. The number of hydrogen-bond acceptors (Lipinski definition) is 5. The number of thiazole rings is 1. The molecule has 2 heterocycles. The Balaban J connectivity index is 2.01. The summed E-state index contributed by atoms with van der Waals surface area (Å²) in [6, 6.07) is -0.465. The Labute approximate surface area is 124 Å². The van der Waals surface area contributed by atoms with Gasteiger partial charge >= 0.3 is 0 Å². The SMILES string of the molecule is CCC(C)C(N)C(=O)Nc1nc2c(s1)CN(CC)CC2. The van der Waals surface area contributed by atoms with Crippen LogP contribution in [0.2, 0.25) is 0 Å². The van der Waals surface area contributed by atoms with Crippen LogP contribution in [0.3, 0.4) is 0 Å². The number of fused-ring (bicyclic) bond motifs is 1. The first-order valence-corrected chi connectivity index (χ1v) is 8.14. The van der Waals surface area contributed by atoms with Gasteiger partial charge in [0.2, 0.25) is 5.91 Å². The van der Waals surface area contributed by atoms with E-state index in [1.165, 1.54) is 4.88 Å². The fraction of sp³-hybridized carbons (Fsp3) is 0.714. The van der Waals surface area contributed by atoms with Crippen LogP contribution in [0, 0.1) is 5.92 Å². The fourth-order valence-electron chi connectivity index (χ4n) is 2.27. The van der Waals surface area contributed by atoms with Crippen molar-refractivity contribution in [3.8, 4) is 0 Å². The van der Waals surface area contributed by atoms with Crippen molar-refractivity contribution >= 4 is 22.4 Å². The number of hydrogen-bond donors (Lipinski definition) is 2. The van der Waals surface area contributed by atoms with Gasteiger partial charge in [0.15, 0.2) is 5.13 Å². The lowest BCUT2D eigenvalue weighted by Crippen LogP contribution is -2.40. The third-order valence-electron chi connectivity index (χ3n) is 4.05. The van der Waals surface area contributed by atoms with E-state index in [1.54, 1.807) is 11.3 Å². The molecule has 3 N–H and O–H groups in total. The lowest BCUT2D eigenvalue weighted by molar-refractivity contribution is -0.118. The Morgan fingerprint density at radius 3 is 2.95 bits per heavy atom. The summed E-state index contributed by atoms with van der Waals surface area (Å²) in [5.41, 5.74) is 7.07. The number of anilines is 1. The van der Waals surface area contributed by atoms with Crippen LogP contribution in [-0.2, 0) is 17.8 Å². The van der Waals surface area contributed by atoms with E-state index in [0.717, 1.165) is 38.2 Å². The zero-order valence-corrected chi connectivity index (χ0v) is 13.3. The van der Waals surface area contributed by atoms with Crippen molar-refractivity contribution in [2.75, 3.05) is 18.4 Å². The first-order valence-electron chi connectivity index (χ1n) is 7.32. The van der Waals surface area contributed by atoms with E-state index in [1.807, 2.05) is 13.8 Å². The van der Waals surface area contributed by atoms with Gasteiger partial charge in [-0.1, -0.05) is 27.2 Å². The van der Waals surface area contributed by atoms with Crippen LogP contribution in [-0.4, -0.2) is 34.9 Å². The second kappa shape index (κ2) is 6.65. The van der Waals surface area contributed by atoms with Crippen LogP contribution >= 0.6 is 11.3 Å². The number of carbonyl (C=O) groups is 1. The summed E-state index contributed by atoms with van der Waals surface area (Å²) in [6.45, 7) is 9.25. The topological polar surface area (TPSA) is 71.2 Å². The lowest BCUT2D eigenvalue weighted by atomic mass is 10.00. The molecule has 1 aromatic heterocycles. The summed E-state index contributed by atoms with van der Waals surface area (Å²) in [5, 5.41) is 3.56. The maximum atomic E-state index is 12.1. The van der Waals surface area contributed by atoms with Gasteiger partial charge in [-0.05, 0) is 12.5 Å².